The predicted molar refractivity (Wildman–Crippen MR) is 89.9 cm³/mol. The van der Waals surface area contributed by atoms with Crippen LogP contribution in [-0.4, -0.2) is 31.7 Å². The minimum Gasteiger partial charge on any atom is -0.491 e. The Morgan fingerprint density at radius 1 is 1.00 bits per heavy atom. The summed E-state index contributed by atoms with van der Waals surface area (Å²) in [5.41, 5.74) is 1.14. The number of hydrogen-bond donors (Lipinski definition) is 0. The lowest BCUT2D eigenvalue weighted by Gasteiger charge is -2.26. The molecule has 0 aliphatic carbocycles. The number of nitriles is 2. The van der Waals surface area contributed by atoms with E-state index in [4.69, 9.17) is 20.0 Å². The van der Waals surface area contributed by atoms with Crippen molar-refractivity contribution in [2.24, 2.45) is 0 Å². The Bertz CT molecular complexity index is 868. The van der Waals surface area contributed by atoms with Gasteiger partial charge in [-0.3, -0.25) is 0 Å². The monoisotopic (exact) mass is 373 g/mol. The van der Waals surface area contributed by atoms with Gasteiger partial charge < -0.3 is 14.4 Å². The van der Waals surface area contributed by atoms with Gasteiger partial charge in [-0.25, -0.2) is 0 Å². The fraction of sp³-hybridized carbons (Fsp3) is 0.263. The third-order valence-corrected chi connectivity index (χ3v) is 4.03. The third-order valence-electron chi connectivity index (χ3n) is 4.03. The van der Waals surface area contributed by atoms with Crippen molar-refractivity contribution < 1.29 is 22.6 Å². The molecule has 1 heterocycles. The van der Waals surface area contributed by atoms with Gasteiger partial charge in [-0.2, -0.15) is 23.7 Å². The van der Waals surface area contributed by atoms with Gasteiger partial charge in [0.05, 0.1) is 29.8 Å². The Labute approximate surface area is 153 Å². The first-order valence-corrected chi connectivity index (χ1v) is 8.02. The van der Waals surface area contributed by atoms with Crippen LogP contribution in [0, 0.1) is 22.7 Å². The van der Waals surface area contributed by atoms with E-state index in [1.807, 2.05) is 12.1 Å². The molecule has 0 aromatic heterocycles. The van der Waals surface area contributed by atoms with Crippen LogP contribution in [0.4, 0.5) is 18.9 Å². The Morgan fingerprint density at radius 3 is 2.07 bits per heavy atom. The molecule has 2 aromatic rings. The van der Waals surface area contributed by atoms with E-state index in [-0.39, 0.29) is 13.2 Å². The van der Waals surface area contributed by atoms with Crippen LogP contribution in [0.25, 0.3) is 0 Å². The molecule has 0 spiro atoms. The van der Waals surface area contributed by atoms with E-state index in [1.165, 1.54) is 24.3 Å². The minimum absolute atomic E-state index is 0.00758. The highest BCUT2D eigenvalue weighted by atomic mass is 19.4. The number of rotatable bonds is 4. The van der Waals surface area contributed by atoms with Gasteiger partial charge in [-0.05, 0) is 48.5 Å². The molecule has 27 heavy (non-hydrogen) atoms. The molecule has 2 aromatic carbocycles. The van der Waals surface area contributed by atoms with Gasteiger partial charge >= 0.3 is 6.18 Å². The lowest BCUT2D eigenvalue weighted by Crippen LogP contribution is -2.42. The Morgan fingerprint density at radius 2 is 1.56 bits per heavy atom. The van der Waals surface area contributed by atoms with E-state index >= 15 is 0 Å². The van der Waals surface area contributed by atoms with E-state index in [0.29, 0.717) is 22.6 Å². The van der Waals surface area contributed by atoms with Gasteiger partial charge in [-0.1, -0.05) is 0 Å². The average Bonchev–Trinajstić information content (AvgIpc) is 3.12. The molecule has 0 saturated carbocycles. The lowest BCUT2D eigenvalue weighted by molar-refractivity contribution is -0.215. The molecule has 0 amide bonds. The van der Waals surface area contributed by atoms with Crippen LogP contribution in [0.15, 0.2) is 48.5 Å². The normalized spacial score (nSPS) is 19.4. The van der Waals surface area contributed by atoms with E-state index in [0.717, 1.165) is 4.90 Å². The summed E-state index contributed by atoms with van der Waals surface area (Å²) < 4.78 is 50.8. The SMILES string of the molecule is N#Cc1ccc(OCC2CN(c3ccc(C#N)cc3)C(C(F)(F)F)O2)cc1. The number of alkyl halides is 3. The largest absolute Gasteiger partial charge is 0.491 e. The summed E-state index contributed by atoms with van der Waals surface area (Å²) in [6, 6.07) is 16.0. The van der Waals surface area contributed by atoms with Gasteiger partial charge in [0, 0.05) is 5.69 Å². The summed E-state index contributed by atoms with van der Waals surface area (Å²) in [4.78, 5) is 1.11. The van der Waals surface area contributed by atoms with Crippen LogP contribution < -0.4 is 9.64 Å². The summed E-state index contributed by atoms with van der Waals surface area (Å²) in [5, 5.41) is 17.6. The first-order valence-electron chi connectivity index (χ1n) is 8.02. The fourth-order valence-corrected chi connectivity index (χ4v) is 2.74. The van der Waals surface area contributed by atoms with Crippen molar-refractivity contribution in [2.45, 2.75) is 18.5 Å². The number of nitrogens with zero attached hydrogens (tertiary/aromatic N) is 3. The zero-order chi connectivity index (χ0) is 19.4. The molecule has 0 N–H and O–H groups in total. The summed E-state index contributed by atoms with van der Waals surface area (Å²) in [6.45, 7) is -0.0718. The lowest BCUT2D eigenvalue weighted by atomic mass is 10.2. The van der Waals surface area contributed by atoms with Crippen LogP contribution in [-0.2, 0) is 4.74 Å². The van der Waals surface area contributed by atoms with Crippen LogP contribution in [0.3, 0.4) is 0 Å². The minimum atomic E-state index is -4.57. The van der Waals surface area contributed by atoms with Crippen molar-refractivity contribution in [3.8, 4) is 17.9 Å². The van der Waals surface area contributed by atoms with Crippen LogP contribution >= 0.6 is 0 Å². The van der Waals surface area contributed by atoms with E-state index in [9.17, 15) is 13.2 Å². The highest BCUT2D eigenvalue weighted by Crippen LogP contribution is 2.35. The zero-order valence-electron chi connectivity index (χ0n) is 14.0. The molecule has 2 atom stereocenters. The fourth-order valence-electron chi connectivity index (χ4n) is 2.74. The van der Waals surface area contributed by atoms with Gasteiger partial charge in [0.15, 0.2) is 0 Å². The highest BCUT2D eigenvalue weighted by Gasteiger charge is 2.50. The second-order valence-electron chi connectivity index (χ2n) is 5.91. The summed E-state index contributed by atoms with van der Waals surface area (Å²) in [5.74, 6) is 0.443. The average molecular weight is 373 g/mol. The van der Waals surface area contributed by atoms with Gasteiger partial charge in [0.25, 0.3) is 0 Å². The van der Waals surface area contributed by atoms with Crippen LogP contribution in [0.1, 0.15) is 11.1 Å². The molecule has 0 radical (unpaired) electrons. The van der Waals surface area contributed by atoms with Crippen molar-refractivity contribution in [1.29, 1.82) is 10.5 Å². The first-order chi connectivity index (χ1) is 12.9. The number of anilines is 1. The molecule has 5 nitrogen and oxygen atoms in total. The van der Waals surface area contributed by atoms with E-state index in [1.54, 1.807) is 24.3 Å². The second-order valence-corrected chi connectivity index (χ2v) is 5.91. The number of hydrogen-bond acceptors (Lipinski definition) is 5. The van der Waals surface area contributed by atoms with E-state index in [2.05, 4.69) is 0 Å². The summed E-state index contributed by atoms with van der Waals surface area (Å²) in [7, 11) is 0. The van der Waals surface area contributed by atoms with Crippen molar-refractivity contribution in [3.05, 3.63) is 59.7 Å². The third kappa shape index (κ3) is 4.30. The van der Waals surface area contributed by atoms with Crippen molar-refractivity contribution in [1.82, 2.24) is 0 Å². The maximum absolute atomic E-state index is 13.4. The number of ether oxygens (including phenoxy) is 2. The molecule has 0 bridgehead atoms. The molecule has 8 heteroatoms. The zero-order valence-corrected chi connectivity index (χ0v) is 14.0. The highest BCUT2D eigenvalue weighted by molar-refractivity contribution is 5.51. The molecular weight excluding hydrogens is 359 g/mol. The second kappa shape index (κ2) is 7.56. The molecule has 138 valence electrons. The Hall–Kier alpha value is -3.23. The molecule has 3 rings (SSSR count). The quantitative estimate of drug-likeness (QED) is 0.819. The maximum atomic E-state index is 13.4. The topological polar surface area (TPSA) is 69.3 Å². The smallest absolute Gasteiger partial charge is 0.433 e. The molecule has 1 saturated heterocycles. The maximum Gasteiger partial charge on any atom is 0.433 e. The summed E-state index contributed by atoms with van der Waals surface area (Å²) >= 11 is 0. The van der Waals surface area contributed by atoms with Gasteiger partial charge in [0.2, 0.25) is 6.23 Å². The Balaban J connectivity index is 1.70. The van der Waals surface area contributed by atoms with Gasteiger partial charge in [0.1, 0.15) is 18.5 Å². The van der Waals surface area contributed by atoms with Crippen molar-refractivity contribution in [3.63, 3.8) is 0 Å². The van der Waals surface area contributed by atoms with Gasteiger partial charge in [-0.15, -0.1) is 0 Å². The predicted octanol–water partition coefficient (Wildman–Crippen LogP) is 3.60. The molecule has 1 fully saturated rings. The standard InChI is InChI=1S/C19H14F3N3O2/c20-19(21,22)18-25(15-5-1-13(9-23)2-6-15)11-17(27-18)12-26-16-7-3-14(10-24)4-8-16/h1-8,17-18H,11-12H2. The Kier molecular flexibility index (Phi) is 5.20. The molecule has 2 unspecified atom stereocenters. The first kappa shape index (κ1) is 18.6. The molecule has 1 aliphatic heterocycles. The number of halogens is 3. The van der Waals surface area contributed by atoms with Crippen molar-refractivity contribution in [2.75, 3.05) is 18.1 Å². The summed E-state index contributed by atoms with van der Waals surface area (Å²) in [6.07, 6.45) is -7.44. The van der Waals surface area contributed by atoms with Crippen LogP contribution in [0.2, 0.25) is 0 Å². The molecular formula is C19H14F3N3O2. The molecule has 1 aliphatic rings. The number of benzene rings is 2. The van der Waals surface area contributed by atoms with Crippen LogP contribution in [0.5, 0.6) is 5.75 Å². The van der Waals surface area contributed by atoms with E-state index < -0.39 is 18.5 Å². The van der Waals surface area contributed by atoms with Crippen molar-refractivity contribution >= 4 is 5.69 Å².